The fourth-order valence-corrected chi connectivity index (χ4v) is 3.97. The van der Waals surface area contributed by atoms with Crippen LogP contribution in [0.5, 0.6) is 11.5 Å². The molecule has 148 valence electrons. The molecule has 4 nitrogen and oxygen atoms in total. The zero-order valence-corrected chi connectivity index (χ0v) is 18.0. The third-order valence-corrected chi connectivity index (χ3v) is 5.72. The normalized spacial score (nSPS) is 18.9. The lowest BCUT2D eigenvalue weighted by Gasteiger charge is -2.31. The number of rotatable bonds is 4. The van der Waals surface area contributed by atoms with Crippen molar-refractivity contribution in [2.75, 3.05) is 7.11 Å². The molecule has 4 rings (SSSR count). The maximum absolute atomic E-state index is 10.5. The first-order valence-electron chi connectivity index (χ1n) is 9.55. The highest BCUT2D eigenvalue weighted by Crippen LogP contribution is 2.36. The largest absolute Gasteiger partial charge is 0.508 e. The molecule has 0 fully saturated rings. The molecule has 1 aliphatic heterocycles. The van der Waals surface area contributed by atoms with E-state index in [2.05, 4.69) is 52.4 Å². The number of halogens is 1. The molecule has 0 radical (unpaired) electrons. The van der Waals surface area contributed by atoms with Gasteiger partial charge in [-0.15, -0.1) is 0 Å². The van der Waals surface area contributed by atoms with Crippen LogP contribution in [0, 0.1) is 6.92 Å². The molecule has 2 atom stereocenters. The molecule has 1 heterocycles. The molecule has 3 aromatic rings. The molecule has 5 heteroatoms. The number of benzene rings is 3. The summed E-state index contributed by atoms with van der Waals surface area (Å²) >= 11 is 3.52. The van der Waals surface area contributed by atoms with E-state index >= 15 is 0 Å². The number of phenols is 1. The molecule has 3 aromatic carbocycles. The summed E-state index contributed by atoms with van der Waals surface area (Å²) in [5.41, 5.74) is 5.26. The first-order chi connectivity index (χ1) is 14.0. The van der Waals surface area contributed by atoms with Gasteiger partial charge in [-0.05, 0) is 48.4 Å². The van der Waals surface area contributed by atoms with Gasteiger partial charge in [0.25, 0.3) is 0 Å². The maximum atomic E-state index is 10.5. The van der Waals surface area contributed by atoms with E-state index in [0.717, 1.165) is 32.6 Å². The summed E-state index contributed by atoms with van der Waals surface area (Å²) in [7, 11) is 1.66. The fourth-order valence-electron chi connectivity index (χ4n) is 3.59. The highest BCUT2D eigenvalue weighted by molar-refractivity contribution is 9.10. The van der Waals surface area contributed by atoms with Gasteiger partial charge >= 0.3 is 0 Å². The van der Waals surface area contributed by atoms with Crippen LogP contribution in [0.3, 0.4) is 0 Å². The third-order valence-electron chi connectivity index (χ3n) is 5.22. The maximum Gasteiger partial charge on any atom is 0.126 e. The Morgan fingerprint density at radius 2 is 1.76 bits per heavy atom. The van der Waals surface area contributed by atoms with Gasteiger partial charge in [0.2, 0.25) is 0 Å². The number of aliphatic imine (C=N–C) groups is 1. The molecule has 0 aliphatic carbocycles. The van der Waals surface area contributed by atoms with Gasteiger partial charge in [-0.3, -0.25) is 10.3 Å². The average molecular weight is 451 g/mol. The van der Waals surface area contributed by atoms with Crippen LogP contribution in [0.2, 0.25) is 0 Å². The standard InChI is InChI=1S/C24H23BrN2O2/c1-15-3-5-16(6-4-15)21-14-22(20-13-18(25)9-12-23(20)28)27-24(26-21)17-7-10-19(29-2)11-8-17/h3-13,22,24,27-28H,14H2,1-2H3/t22-,24+/m0/s1. The summed E-state index contributed by atoms with van der Waals surface area (Å²) in [6.07, 6.45) is 0.481. The van der Waals surface area contributed by atoms with Crippen LogP contribution in [0.15, 0.2) is 76.2 Å². The SMILES string of the molecule is COc1ccc([C@@H]2N=C(c3ccc(C)cc3)C[C@@H](c3cc(Br)ccc3O)N2)cc1. The van der Waals surface area contributed by atoms with Crippen LogP contribution in [0.25, 0.3) is 0 Å². The predicted molar refractivity (Wildman–Crippen MR) is 120 cm³/mol. The van der Waals surface area contributed by atoms with Gasteiger partial charge in [-0.1, -0.05) is 57.9 Å². The van der Waals surface area contributed by atoms with Crippen LogP contribution in [0.4, 0.5) is 0 Å². The molecule has 1 aliphatic rings. The highest BCUT2D eigenvalue weighted by Gasteiger charge is 2.27. The van der Waals surface area contributed by atoms with E-state index < -0.39 is 0 Å². The molecule has 0 unspecified atom stereocenters. The van der Waals surface area contributed by atoms with Crippen molar-refractivity contribution in [3.05, 3.63) is 93.5 Å². The van der Waals surface area contributed by atoms with Crippen LogP contribution in [-0.4, -0.2) is 17.9 Å². The second kappa shape index (κ2) is 8.39. The summed E-state index contributed by atoms with van der Waals surface area (Å²) < 4.78 is 6.22. The molecular weight excluding hydrogens is 428 g/mol. The number of hydrogen-bond donors (Lipinski definition) is 2. The van der Waals surface area contributed by atoms with Gasteiger partial charge in [-0.25, -0.2) is 0 Å². The van der Waals surface area contributed by atoms with Crippen molar-refractivity contribution in [3.8, 4) is 11.5 Å². The minimum Gasteiger partial charge on any atom is -0.508 e. The van der Waals surface area contributed by atoms with Gasteiger partial charge in [0.05, 0.1) is 7.11 Å². The Hall–Kier alpha value is -2.63. The first kappa shape index (κ1) is 19.7. The van der Waals surface area contributed by atoms with Crippen molar-refractivity contribution in [1.82, 2.24) is 5.32 Å². The number of phenolic OH excluding ortho intramolecular Hbond substituents is 1. The smallest absolute Gasteiger partial charge is 0.126 e. The topological polar surface area (TPSA) is 53.9 Å². The van der Waals surface area contributed by atoms with Gasteiger partial charge < -0.3 is 9.84 Å². The van der Waals surface area contributed by atoms with Crippen molar-refractivity contribution in [2.24, 2.45) is 4.99 Å². The number of nitrogens with one attached hydrogen (secondary N) is 1. The summed E-state index contributed by atoms with van der Waals surface area (Å²) in [6, 6.07) is 21.8. The number of ether oxygens (including phenoxy) is 1. The summed E-state index contributed by atoms with van der Waals surface area (Å²) in [5, 5.41) is 14.1. The Morgan fingerprint density at radius 1 is 1.03 bits per heavy atom. The minimum atomic E-state index is -0.214. The molecule has 0 aromatic heterocycles. The van der Waals surface area contributed by atoms with Gasteiger partial charge in [0.15, 0.2) is 0 Å². The number of nitrogens with zero attached hydrogens (tertiary/aromatic N) is 1. The van der Waals surface area contributed by atoms with Gasteiger partial charge in [-0.2, -0.15) is 0 Å². The van der Waals surface area contributed by atoms with Crippen molar-refractivity contribution in [2.45, 2.75) is 25.6 Å². The number of methoxy groups -OCH3 is 1. The predicted octanol–water partition coefficient (Wildman–Crippen LogP) is 5.69. The number of aryl methyl sites for hydroxylation is 1. The average Bonchev–Trinajstić information content (AvgIpc) is 2.75. The van der Waals surface area contributed by atoms with Crippen LogP contribution in [-0.2, 0) is 0 Å². The zero-order chi connectivity index (χ0) is 20.4. The van der Waals surface area contributed by atoms with Gasteiger partial charge in [0, 0.05) is 28.2 Å². The van der Waals surface area contributed by atoms with Gasteiger partial charge in [0.1, 0.15) is 17.7 Å². The summed E-state index contributed by atoms with van der Waals surface area (Å²) in [6.45, 7) is 2.08. The molecule has 2 N–H and O–H groups in total. The van der Waals surface area contributed by atoms with E-state index in [9.17, 15) is 5.11 Å². The second-order valence-corrected chi connectivity index (χ2v) is 8.16. The van der Waals surface area contributed by atoms with E-state index in [1.807, 2.05) is 36.4 Å². The Kier molecular flexibility index (Phi) is 5.69. The minimum absolute atomic E-state index is 0.0617. The fraction of sp³-hybridized carbons (Fsp3) is 0.208. The Bertz CT molecular complexity index is 1030. The molecule has 0 saturated heterocycles. The van der Waals surface area contributed by atoms with E-state index in [4.69, 9.17) is 9.73 Å². The molecule has 29 heavy (non-hydrogen) atoms. The van der Waals surface area contributed by atoms with E-state index in [0.29, 0.717) is 6.42 Å². The summed E-state index contributed by atoms with van der Waals surface area (Å²) in [5.74, 6) is 1.10. The Morgan fingerprint density at radius 3 is 2.45 bits per heavy atom. The molecule has 0 amide bonds. The lowest BCUT2D eigenvalue weighted by atomic mass is 9.93. The van der Waals surface area contributed by atoms with Crippen LogP contribution >= 0.6 is 15.9 Å². The Balaban J connectivity index is 1.74. The van der Waals surface area contributed by atoms with Crippen LogP contribution in [0.1, 0.15) is 40.9 Å². The monoisotopic (exact) mass is 450 g/mol. The Labute approximate surface area is 179 Å². The number of aromatic hydroxyl groups is 1. The van der Waals surface area contributed by atoms with E-state index in [1.54, 1.807) is 13.2 Å². The molecule has 0 saturated carbocycles. The van der Waals surface area contributed by atoms with Crippen molar-refractivity contribution >= 4 is 21.6 Å². The van der Waals surface area contributed by atoms with Crippen molar-refractivity contribution < 1.29 is 9.84 Å². The second-order valence-electron chi connectivity index (χ2n) is 7.24. The van der Waals surface area contributed by atoms with E-state index in [1.165, 1.54) is 5.56 Å². The van der Waals surface area contributed by atoms with Crippen molar-refractivity contribution in [1.29, 1.82) is 0 Å². The molecule has 0 spiro atoms. The lowest BCUT2D eigenvalue weighted by Crippen LogP contribution is -2.33. The lowest BCUT2D eigenvalue weighted by molar-refractivity contribution is 0.408. The molecular formula is C24H23BrN2O2. The zero-order valence-electron chi connectivity index (χ0n) is 16.4. The van der Waals surface area contributed by atoms with Crippen molar-refractivity contribution in [3.63, 3.8) is 0 Å². The van der Waals surface area contributed by atoms with E-state index in [-0.39, 0.29) is 18.0 Å². The van der Waals surface area contributed by atoms with Crippen LogP contribution < -0.4 is 10.1 Å². The quantitative estimate of drug-likeness (QED) is 0.536. The first-order valence-corrected chi connectivity index (χ1v) is 10.3. The number of hydrogen-bond acceptors (Lipinski definition) is 4. The summed E-state index contributed by atoms with van der Waals surface area (Å²) in [4.78, 5) is 5.01. The molecule has 0 bridgehead atoms. The highest BCUT2D eigenvalue weighted by atomic mass is 79.9. The third kappa shape index (κ3) is 4.36.